The first-order valence-electron chi connectivity index (χ1n) is 11.9. The normalized spacial score (nSPS) is 21.6. The molecule has 12 heteroatoms. The summed E-state index contributed by atoms with van der Waals surface area (Å²) in [6.45, 7) is 5.72. The number of aliphatic hydroxyl groups excluding tert-OH is 1. The smallest absolute Gasteiger partial charge is 0.229 e. The van der Waals surface area contributed by atoms with Gasteiger partial charge in [-0.1, -0.05) is 17.8 Å². The molecule has 2 saturated heterocycles. The Labute approximate surface area is 207 Å². The Morgan fingerprint density at radius 2 is 2.20 bits per heavy atom. The van der Waals surface area contributed by atoms with Gasteiger partial charge in [0.05, 0.1) is 18.5 Å². The third-order valence-corrected chi connectivity index (χ3v) is 7.55. The van der Waals surface area contributed by atoms with Gasteiger partial charge in [0, 0.05) is 29.1 Å². The second-order valence-electron chi connectivity index (χ2n) is 9.59. The number of nitrogens with one attached hydrogen (secondary N) is 2. The van der Waals surface area contributed by atoms with Crippen LogP contribution >= 0.6 is 11.8 Å². The van der Waals surface area contributed by atoms with Crippen LogP contribution in [0.4, 0.5) is 21.8 Å². The van der Waals surface area contributed by atoms with Crippen LogP contribution < -0.4 is 10.6 Å². The number of thioether (sulfide) groups is 1. The van der Waals surface area contributed by atoms with Crippen LogP contribution in [0, 0.1) is 5.82 Å². The Morgan fingerprint density at radius 3 is 3.06 bits per heavy atom. The SMILES string of the molecule is CC1(C)C[C@H](Nc2nc(Nc3cccc(-n4nnnc4SCCO)c3)ncc2F)C[C@H]2CCCN21. The molecule has 2 atom stereocenters. The Bertz CT molecular complexity index is 1170. The van der Waals surface area contributed by atoms with Gasteiger partial charge in [0.25, 0.3) is 0 Å². The summed E-state index contributed by atoms with van der Waals surface area (Å²) >= 11 is 1.36. The van der Waals surface area contributed by atoms with Crippen molar-refractivity contribution in [3.63, 3.8) is 0 Å². The van der Waals surface area contributed by atoms with Crippen molar-refractivity contribution in [1.29, 1.82) is 0 Å². The van der Waals surface area contributed by atoms with Crippen LogP contribution in [0.5, 0.6) is 0 Å². The molecule has 0 radical (unpaired) electrons. The van der Waals surface area contributed by atoms with E-state index in [-0.39, 0.29) is 24.0 Å². The predicted molar refractivity (Wildman–Crippen MR) is 133 cm³/mol. The molecule has 1 aromatic carbocycles. The van der Waals surface area contributed by atoms with Crippen LogP contribution in [0.25, 0.3) is 5.69 Å². The van der Waals surface area contributed by atoms with Crippen molar-refractivity contribution < 1.29 is 9.50 Å². The number of aliphatic hydroxyl groups is 1. The van der Waals surface area contributed by atoms with E-state index in [1.54, 1.807) is 4.68 Å². The maximum atomic E-state index is 14.6. The quantitative estimate of drug-likeness (QED) is 0.399. The molecule has 4 heterocycles. The van der Waals surface area contributed by atoms with E-state index in [0.29, 0.717) is 28.6 Å². The summed E-state index contributed by atoms with van der Waals surface area (Å²) in [4.78, 5) is 11.2. The molecule has 3 aromatic rings. The minimum atomic E-state index is -0.463. The molecule has 0 spiro atoms. The van der Waals surface area contributed by atoms with Crippen LogP contribution in [-0.2, 0) is 0 Å². The Balaban J connectivity index is 1.31. The fourth-order valence-electron chi connectivity index (χ4n) is 5.25. The maximum Gasteiger partial charge on any atom is 0.229 e. The number of aromatic nitrogens is 6. The summed E-state index contributed by atoms with van der Waals surface area (Å²) in [6, 6.07) is 8.15. The minimum Gasteiger partial charge on any atom is -0.396 e. The van der Waals surface area contributed by atoms with Crippen molar-refractivity contribution >= 4 is 29.2 Å². The van der Waals surface area contributed by atoms with Gasteiger partial charge in [-0.15, -0.1) is 5.10 Å². The molecule has 0 unspecified atom stereocenters. The zero-order valence-electron chi connectivity index (χ0n) is 19.9. The van der Waals surface area contributed by atoms with Gasteiger partial charge in [-0.05, 0) is 74.7 Å². The molecule has 10 nitrogen and oxygen atoms in total. The summed E-state index contributed by atoms with van der Waals surface area (Å²) in [5, 5.41) is 28.0. The predicted octanol–water partition coefficient (Wildman–Crippen LogP) is 3.24. The second kappa shape index (κ2) is 10.0. The average Bonchev–Trinajstić information content (AvgIpc) is 3.50. The molecule has 5 rings (SSSR count). The van der Waals surface area contributed by atoms with Gasteiger partial charge in [0.2, 0.25) is 11.1 Å². The molecule has 2 aliphatic rings. The van der Waals surface area contributed by atoms with E-state index in [1.165, 1.54) is 30.8 Å². The van der Waals surface area contributed by atoms with Gasteiger partial charge < -0.3 is 15.7 Å². The van der Waals surface area contributed by atoms with E-state index in [2.05, 4.69) is 54.9 Å². The average molecular weight is 500 g/mol. The highest BCUT2D eigenvalue weighted by molar-refractivity contribution is 7.99. The number of nitrogens with zero attached hydrogens (tertiary/aromatic N) is 7. The Morgan fingerprint density at radius 1 is 1.31 bits per heavy atom. The van der Waals surface area contributed by atoms with Crippen molar-refractivity contribution in [2.24, 2.45) is 0 Å². The number of benzene rings is 1. The van der Waals surface area contributed by atoms with Gasteiger partial charge in [0.15, 0.2) is 11.6 Å². The lowest BCUT2D eigenvalue weighted by atomic mass is 9.84. The van der Waals surface area contributed by atoms with Gasteiger partial charge in [-0.25, -0.2) is 9.37 Å². The van der Waals surface area contributed by atoms with E-state index in [4.69, 9.17) is 5.11 Å². The lowest BCUT2D eigenvalue weighted by Crippen LogP contribution is -2.55. The fourth-order valence-corrected chi connectivity index (χ4v) is 5.89. The number of tetrazole rings is 1. The molecular formula is C23H30FN9OS. The van der Waals surface area contributed by atoms with Gasteiger partial charge >= 0.3 is 0 Å². The summed E-state index contributed by atoms with van der Waals surface area (Å²) in [5.74, 6) is 0.550. The zero-order valence-corrected chi connectivity index (χ0v) is 20.7. The molecule has 2 aromatic heterocycles. The number of hydrogen-bond acceptors (Lipinski definition) is 10. The van der Waals surface area contributed by atoms with E-state index >= 15 is 0 Å². The molecule has 0 saturated carbocycles. The first kappa shape index (κ1) is 23.9. The monoisotopic (exact) mass is 499 g/mol. The van der Waals surface area contributed by atoms with Crippen LogP contribution in [0.15, 0.2) is 35.6 Å². The van der Waals surface area contributed by atoms with Crippen LogP contribution in [0.2, 0.25) is 0 Å². The van der Waals surface area contributed by atoms with E-state index in [9.17, 15) is 4.39 Å². The Kier molecular flexibility index (Phi) is 6.85. The molecule has 0 bridgehead atoms. The first-order chi connectivity index (χ1) is 16.9. The summed E-state index contributed by atoms with van der Waals surface area (Å²) in [5.41, 5.74) is 1.53. The Hall–Kier alpha value is -2.83. The first-order valence-corrected chi connectivity index (χ1v) is 12.9. The molecule has 186 valence electrons. The molecule has 0 aliphatic carbocycles. The zero-order chi connectivity index (χ0) is 24.4. The lowest BCUT2D eigenvalue weighted by molar-refractivity contribution is 0.0500. The standard InChI is InChI=1S/C23H30FN9OS/c1-23(2)13-16(12-17-7-4-8-32(17)23)26-20-19(24)14-25-21(28-20)27-15-5-3-6-18(11-15)33-22(29-30-31-33)35-10-9-34/h3,5-6,11,14,16-17,34H,4,7-10,12-13H2,1-2H3,(H2,25,26,27,28)/t16-,17-/m1/s1. The third-order valence-electron chi connectivity index (χ3n) is 6.65. The topological polar surface area (TPSA) is 117 Å². The largest absolute Gasteiger partial charge is 0.396 e. The number of anilines is 3. The number of hydrogen-bond donors (Lipinski definition) is 3. The van der Waals surface area contributed by atoms with E-state index in [1.807, 2.05) is 24.3 Å². The highest BCUT2D eigenvalue weighted by Gasteiger charge is 2.43. The van der Waals surface area contributed by atoms with Crippen molar-refractivity contribution in [3.8, 4) is 5.69 Å². The molecule has 2 aliphatic heterocycles. The molecule has 3 N–H and O–H groups in total. The summed E-state index contributed by atoms with van der Waals surface area (Å²) in [6.07, 6.45) is 5.53. The van der Waals surface area contributed by atoms with Crippen molar-refractivity contribution in [2.45, 2.75) is 62.3 Å². The highest BCUT2D eigenvalue weighted by Crippen LogP contribution is 2.38. The number of halogens is 1. The fraction of sp³-hybridized carbons (Fsp3) is 0.522. The maximum absolute atomic E-state index is 14.6. The van der Waals surface area contributed by atoms with Gasteiger partial charge in [-0.2, -0.15) is 9.67 Å². The van der Waals surface area contributed by atoms with Crippen molar-refractivity contribution in [3.05, 3.63) is 36.3 Å². The van der Waals surface area contributed by atoms with Crippen molar-refractivity contribution in [1.82, 2.24) is 35.1 Å². The summed E-state index contributed by atoms with van der Waals surface area (Å²) < 4.78 is 16.2. The third kappa shape index (κ3) is 5.24. The lowest BCUT2D eigenvalue weighted by Gasteiger charge is -2.47. The number of rotatable bonds is 8. The summed E-state index contributed by atoms with van der Waals surface area (Å²) in [7, 11) is 0. The minimum absolute atomic E-state index is 0.0364. The second-order valence-corrected chi connectivity index (χ2v) is 10.7. The molecule has 35 heavy (non-hydrogen) atoms. The van der Waals surface area contributed by atoms with Gasteiger partial charge in [0.1, 0.15) is 0 Å². The molecule has 2 fully saturated rings. The van der Waals surface area contributed by atoms with Gasteiger partial charge in [-0.3, -0.25) is 4.90 Å². The molecular weight excluding hydrogens is 469 g/mol. The highest BCUT2D eigenvalue weighted by atomic mass is 32.2. The number of fused-ring (bicyclic) bond motifs is 1. The van der Waals surface area contributed by atoms with Crippen LogP contribution in [0.1, 0.15) is 39.5 Å². The number of piperidine rings is 1. The van der Waals surface area contributed by atoms with E-state index in [0.717, 1.165) is 25.1 Å². The van der Waals surface area contributed by atoms with Crippen LogP contribution in [-0.4, -0.2) is 76.7 Å². The van der Waals surface area contributed by atoms with Crippen molar-refractivity contribution in [2.75, 3.05) is 29.5 Å². The van der Waals surface area contributed by atoms with E-state index < -0.39 is 5.82 Å². The van der Waals surface area contributed by atoms with Crippen LogP contribution in [0.3, 0.4) is 0 Å². The molecule has 0 amide bonds.